The van der Waals surface area contributed by atoms with E-state index in [4.69, 9.17) is 9.47 Å². The number of nitrogens with one attached hydrogen (secondary N) is 1. The number of benzene rings is 1. The topological polar surface area (TPSA) is 43.3 Å². The molecule has 5 fully saturated rings. The third-order valence-electron chi connectivity index (χ3n) is 9.77. The normalized spacial score (nSPS) is 46.3. The fourth-order valence-electron chi connectivity index (χ4n) is 7.94. The predicted octanol–water partition coefficient (Wildman–Crippen LogP) is 3.05. The summed E-state index contributed by atoms with van der Waals surface area (Å²) in [5.41, 5.74) is 1.91. The van der Waals surface area contributed by atoms with E-state index in [0.717, 1.165) is 31.9 Å². The first-order valence-electron chi connectivity index (χ1n) is 12.8. The number of ether oxygens (including phenoxy) is 2. The van der Waals surface area contributed by atoms with E-state index in [1.807, 2.05) is 0 Å². The van der Waals surface area contributed by atoms with Crippen molar-refractivity contribution in [3.8, 4) is 0 Å². The van der Waals surface area contributed by atoms with Crippen molar-refractivity contribution >= 4 is 5.97 Å². The van der Waals surface area contributed by atoms with Gasteiger partial charge in [-0.25, -0.2) is 0 Å². The molecule has 0 bridgehead atoms. The number of carbonyl (C=O) groups excluding carboxylic acids is 1. The van der Waals surface area contributed by atoms with Gasteiger partial charge in [-0.3, -0.25) is 4.79 Å². The van der Waals surface area contributed by atoms with Crippen molar-refractivity contribution < 1.29 is 19.2 Å². The predicted molar refractivity (Wildman–Crippen MR) is 119 cm³/mol. The molecule has 1 spiro atoms. The number of carbonyl (C=O) groups is 1. The van der Waals surface area contributed by atoms with Crippen LogP contribution in [0.4, 0.5) is 0 Å². The molecule has 0 radical (unpaired) electrons. The number of epoxide rings is 1. The van der Waals surface area contributed by atoms with E-state index in [9.17, 15) is 4.79 Å². The number of likely N-dealkylation sites (tertiary alicyclic amines) is 1. The Morgan fingerprint density at radius 3 is 2.65 bits per heavy atom. The summed E-state index contributed by atoms with van der Waals surface area (Å²) in [6.45, 7) is 6.78. The van der Waals surface area contributed by atoms with Gasteiger partial charge in [0.1, 0.15) is 12.0 Å². The Labute approximate surface area is 186 Å². The third-order valence-corrected chi connectivity index (χ3v) is 9.77. The SMILES string of the molecule is C[C@]12CCC[C@]3(CO3)[C@H]1C[C@H]1[C@@H](C2)OC(=O)[C@@H]1C[NH+]1CCC(Cc2ccccc2)CC1. The molecule has 2 saturated carbocycles. The maximum Gasteiger partial charge on any atom is 0.315 e. The fraction of sp³-hybridized carbons (Fsp3) is 0.741. The summed E-state index contributed by atoms with van der Waals surface area (Å²) >= 11 is 0. The second-order valence-corrected chi connectivity index (χ2v) is 11.7. The molecule has 0 unspecified atom stereocenters. The first-order valence-corrected chi connectivity index (χ1v) is 12.8. The summed E-state index contributed by atoms with van der Waals surface area (Å²) in [7, 11) is 0. The summed E-state index contributed by atoms with van der Waals surface area (Å²) in [5.74, 6) is 2.03. The smallest absolute Gasteiger partial charge is 0.315 e. The zero-order valence-corrected chi connectivity index (χ0v) is 19.0. The van der Waals surface area contributed by atoms with Crippen LogP contribution in [0.5, 0.6) is 0 Å². The van der Waals surface area contributed by atoms with Gasteiger partial charge in [-0.1, -0.05) is 37.3 Å². The molecule has 31 heavy (non-hydrogen) atoms. The first-order chi connectivity index (χ1) is 15.0. The molecule has 1 aromatic rings. The van der Waals surface area contributed by atoms with Crippen LogP contribution in [0.2, 0.25) is 0 Å². The van der Waals surface area contributed by atoms with Crippen LogP contribution in [-0.4, -0.2) is 43.9 Å². The van der Waals surface area contributed by atoms with Crippen molar-refractivity contribution in [3.05, 3.63) is 35.9 Å². The van der Waals surface area contributed by atoms with Gasteiger partial charge in [-0.05, 0) is 74.2 Å². The van der Waals surface area contributed by atoms with Gasteiger partial charge in [-0.2, -0.15) is 0 Å². The van der Waals surface area contributed by atoms with E-state index < -0.39 is 0 Å². The number of rotatable bonds is 4. The van der Waals surface area contributed by atoms with Gasteiger partial charge >= 0.3 is 5.97 Å². The molecule has 5 aliphatic rings. The van der Waals surface area contributed by atoms with Crippen molar-refractivity contribution in [2.75, 3.05) is 26.2 Å². The van der Waals surface area contributed by atoms with Gasteiger partial charge in [-0.15, -0.1) is 0 Å². The van der Waals surface area contributed by atoms with E-state index >= 15 is 0 Å². The summed E-state index contributed by atoms with van der Waals surface area (Å²) < 4.78 is 12.1. The molecule has 6 rings (SSSR count). The average Bonchev–Trinajstić information content (AvgIpc) is 3.47. The summed E-state index contributed by atoms with van der Waals surface area (Å²) in [4.78, 5) is 14.6. The Balaban J connectivity index is 1.08. The minimum absolute atomic E-state index is 0.0990. The molecule has 4 nitrogen and oxygen atoms in total. The lowest BCUT2D eigenvalue weighted by Gasteiger charge is -2.51. The quantitative estimate of drug-likeness (QED) is 0.597. The van der Waals surface area contributed by atoms with Gasteiger partial charge in [0.05, 0.1) is 31.8 Å². The standard InChI is InChI=1S/C27H37NO3/c1-26-10-5-11-27(18-30-27)24(26)15-21-22(25(29)31-23(21)16-26)17-28-12-8-20(9-13-28)14-19-6-3-2-4-7-19/h2-4,6-7,20-24H,5,8-18H2,1H3/p+1/t21-,22-,23-,24+,26-,27+/m1/s1. The Morgan fingerprint density at radius 1 is 1.13 bits per heavy atom. The van der Waals surface area contributed by atoms with Gasteiger partial charge < -0.3 is 14.4 Å². The lowest BCUT2D eigenvalue weighted by Crippen LogP contribution is -3.14. The second kappa shape index (κ2) is 7.59. The van der Waals surface area contributed by atoms with Crippen molar-refractivity contribution in [3.63, 3.8) is 0 Å². The second-order valence-electron chi connectivity index (χ2n) is 11.7. The molecule has 3 saturated heterocycles. The van der Waals surface area contributed by atoms with Gasteiger partial charge in [0.25, 0.3) is 0 Å². The van der Waals surface area contributed by atoms with E-state index in [-0.39, 0.29) is 23.6 Å². The lowest BCUT2D eigenvalue weighted by molar-refractivity contribution is -0.908. The van der Waals surface area contributed by atoms with Gasteiger partial charge in [0.15, 0.2) is 0 Å². The van der Waals surface area contributed by atoms with Crippen LogP contribution in [0.15, 0.2) is 30.3 Å². The fourth-order valence-corrected chi connectivity index (χ4v) is 7.94. The van der Waals surface area contributed by atoms with Crippen LogP contribution < -0.4 is 4.90 Å². The molecular weight excluding hydrogens is 386 g/mol. The molecule has 6 atom stereocenters. The van der Waals surface area contributed by atoms with Crippen LogP contribution in [0.1, 0.15) is 57.4 Å². The average molecular weight is 425 g/mol. The van der Waals surface area contributed by atoms with Crippen molar-refractivity contribution in [1.82, 2.24) is 0 Å². The highest BCUT2D eigenvalue weighted by atomic mass is 16.6. The van der Waals surface area contributed by atoms with Crippen molar-refractivity contribution in [1.29, 1.82) is 0 Å². The van der Waals surface area contributed by atoms with Crippen LogP contribution in [0.25, 0.3) is 0 Å². The number of piperidine rings is 1. The lowest BCUT2D eigenvalue weighted by atomic mass is 9.53. The minimum atomic E-state index is 0.0990. The zero-order chi connectivity index (χ0) is 21.1. The Bertz CT molecular complexity index is 813. The number of quaternary nitrogens is 1. The minimum Gasteiger partial charge on any atom is -0.462 e. The first kappa shape index (κ1) is 20.2. The highest BCUT2D eigenvalue weighted by Crippen LogP contribution is 2.62. The summed E-state index contributed by atoms with van der Waals surface area (Å²) in [5, 5.41) is 0. The molecule has 2 aliphatic carbocycles. The zero-order valence-electron chi connectivity index (χ0n) is 19.0. The Kier molecular flexibility index (Phi) is 4.95. The Morgan fingerprint density at radius 2 is 1.90 bits per heavy atom. The summed E-state index contributed by atoms with van der Waals surface area (Å²) in [6, 6.07) is 10.9. The number of fused-ring (bicyclic) bond motifs is 3. The highest BCUT2D eigenvalue weighted by molar-refractivity contribution is 5.75. The molecule has 1 aromatic carbocycles. The largest absolute Gasteiger partial charge is 0.462 e. The third kappa shape index (κ3) is 3.64. The maximum atomic E-state index is 12.9. The van der Waals surface area contributed by atoms with Crippen LogP contribution in [0, 0.1) is 29.1 Å². The van der Waals surface area contributed by atoms with Crippen LogP contribution in [-0.2, 0) is 20.7 Å². The van der Waals surface area contributed by atoms with Crippen LogP contribution >= 0.6 is 0 Å². The van der Waals surface area contributed by atoms with Gasteiger partial charge in [0.2, 0.25) is 0 Å². The summed E-state index contributed by atoms with van der Waals surface area (Å²) in [6.07, 6.45) is 9.87. The highest BCUT2D eigenvalue weighted by Gasteiger charge is 2.65. The van der Waals surface area contributed by atoms with Crippen LogP contribution in [0.3, 0.4) is 0 Å². The molecule has 168 valence electrons. The molecule has 3 aliphatic heterocycles. The maximum absolute atomic E-state index is 12.9. The molecule has 3 heterocycles. The van der Waals surface area contributed by atoms with E-state index in [1.165, 1.54) is 57.2 Å². The molecule has 0 amide bonds. The molecule has 4 heteroatoms. The van der Waals surface area contributed by atoms with Gasteiger partial charge in [0, 0.05) is 5.92 Å². The van der Waals surface area contributed by atoms with E-state index in [1.54, 1.807) is 4.90 Å². The number of esters is 1. The monoisotopic (exact) mass is 424 g/mol. The molecular formula is C27H38NO3+. The van der Waals surface area contributed by atoms with E-state index in [2.05, 4.69) is 37.3 Å². The van der Waals surface area contributed by atoms with E-state index in [0.29, 0.717) is 17.3 Å². The molecule has 0 aromatic heterocycles. The number of hydrogen-bond donors (Lipinski definition) is 1. The van der Waals surface area contributed by atoms with Crippen molar-refractivity contribution in [2.24, 2.45) is 29.1 Å². The number of hydrogen-bond acceptors (Lipinski definition) is 3. The van der Waals surface area contributed by atoms with Crippen molar-refractivity contribution in [2.45, 2.75) is 70.0 Å². The Hall–Kier alpha value is -1.39. The molecule has 1 N–H and O–H groups in total.